The number of fused-ring (bicyclic) bond motifs is 1. The van der Waals surface area contributed by atoms with Gasteiger partial charge in [0.05, 0.1) is 12.8 Å². The van der Waals surface area contributed by atoms with E-state index in [2.05, 4.69) is 11.2 Å². The molecule has 2 heterocycles. The molecule has 4 nitrogen and oxygen atoms in total. The van der Waals surface area contributed by atoms with Crippen molar-refractivity contribution < 1.29 is 4.74 Å². The molecule has 0 bridgehead atoms. The van der Waals surface area contributed by atoms with Gasteiger partial charge in [0.1, 0.15) is 11.6 Å². The smallest absolute Gasteiger partial charge is 0.129 e. The predicted octanol–water partition coefficient (Wildman–Crippen LogP) is 1.99. The highest BCUT2D eigenvalue weighted by Crippen LogP contribution is 2.32. The number of anilines is 1. The molecule has 0 amide bonds. The van der Waals surface area contributed by atoms with Crippen molar-refractivity contribution in [2.75, 3.05) is 12.3 Å². The fraction of sp³-hybridized carbons (Fsp3) is 0.308. The van der Waals surface area contributed by atoms with Crippen LogP contribution in [0.15, 0.2) is 24.4 Å². The summed E-state index contributed by atoms with van der Waals surface area (Å²) >= 11 is 0. The number of aromatic nitrogens is 2. The van der Waals surface area contributed by atoms with Crippen LogP contribution in [0, 0.1) is 0 Å². The van der Waals surface area contributed by atoms with Crippen molar-refractivity contribution in [1.82, 2.24) is 9.78 Å². The third kappa shape index (κ3) is 1.65. The summed E-state index contributed by atoms with van der Waals surface area (Å²) in [6, 6.07) is 6.22. The molecule has 0 atom stereocenters. The van der Waals surface area contributed by atoms with E-state index >= 15 is 0 Å². The number of benzene rings is 1. The molecule has 1 aromatic carbocycles. The lowest BCUT2D eigenvalue weighted by atomic mass is 10.0. The SMILES string of the molecule is Cn1ncc(-c2ccc3c(c2)CCCO3)c1N. The number of ether oxygens (including phenoxy) is 1. The second kappa shape index (κ2) is 3.80. The summed E-state index contributed by atoms with van der Waals surface area (Å²) in [4.78, 5) is 0. The zero-order valence-corrected chi connectivity index (χ0v) is 9.81. The quantitative estimate of drug-likeness (QED) is 0.813. The molecule has 4 heteroatoms. The molecule has 2 aromatic rings. The molecule has 2 N–H and O–H groups in total. The largest absolute Gasteiger partial charge is 0.493 e. The van der Waals surface area contributed by atoms with Crippen molar-refractivity contribution >= 4 is 5.82 Å². The van der Waals surface area contributed by atoms with Gasteiger partial charge in [0.2, 0.25) is 0 Å². The Hall–Kier alpha value is -1.97. The van der Waals surface area contributed by atoms with Crippen LogP contribution in [0.2, 0.25) is 0 Å². The fourth-order valence-corrected chi connectivity index (χ4v) is 2.20. The minimum absolute atomic E-state index is 0.696. The van der Waals surface area contributed by atoms with Gasteiger partial charge in [0, 0.05) is 12.6 Å². The maximum Gasteiger partial charge on any atom is 0.129 e. The number of nitrogens with zero attached hydrogens (tertiary/aromatic N) is 2. The molecule has 17 heavy (non-hydrogen) atoms. The third-order valence-electron chi connectivity index (χ3n) is 3.20. The zero-order chi connectivity index (χ0) is 11.8. The second-order valence-corrected chi connectivity index (χ2v) is 4.34. The molecule has 0 radical (unpaired) electrons. The first-order chi connectivity index (χ1) is 8.25. The number of rotatable bonds is 1. The summed E-state index contributed by atoms with van der Waals surface area (Å²) in [5.41, 5.74) is 9.34. The molecule has 0 aliphatic carbocycles. The average Bonchev–Trinajstić information content (AvgIpc) is 2.70. The van der Waals surface area contributed by atoms with E-state index in [1.165, 1.54) is 5.56 Å². The summed E-state index contributed by atoms with van der Waals surface area (Å²) in [6.07, 6.45) is 3.96. The van der Waals surface area contributed by atoms with Crippen molar-refractivity contribution in [1.29, 1.82) is 0 Å². The minimum Gasteiger partial charge on any atom is -0.493 e. The molecule has 1 aliphatic rings. The number of aryl methyl sites for hydroxylation is 2. The Kier molecular flexibility index (Phi) is 2.28. The van der Waals surface area contributed by atoms with Gasteiger partial charge in [-0.1, -0.05) is 6.07 Å². The van der Waals surface area contributed by atoms with Crippen molar-refractivity contribution in [2.24, 2.45) is 7.05 Å². The Balaban J connectivity index is 2.07. The number of nitrogen functional groups attached to an aromatic ring is 1. The van der Waals surface area contributed by atoms with Gasteiger partial charge in [-0.2, -0.15) is 5.10 Å². The van der Waals surface area contributed by atoms with E-state index in [1.807, 2.05) is 19.2 Å². The Bertz CT molecular complexity index is 560. The van der Waals surface area contributed by atoms with Crippen molar-refractivity contribution in [3.63, 3.8) is 0 Å². The first-order valence-electron chi connectivity index (χ1n) is 5.79. The van der Waals surface area contributed by atoms with E-state index in [1.54, 1.807) is 10.9 Å². The van der Waals surface area contributed by atoms with E-state index in [4.69, 9.17) is 10.5 Å². The van der Waals surface area contributed by atoms with Crippen molar-refractivity contribution in [2.45, 2.75) is 12.8 Å². The van der Waals surface area contributed by atoms with E-state index in [0.717, 1.165) is 36.3 Å². The molecule has 1 aromatic heterocycles. The van der Waals surface area contributed by atoms with Crippen LogP contribution in [-0.4, -0.2) is 16.4 Å². The first-order valence-corrected chi connectivity index (χ1v) is 5.79. The van der Waals surface area contributed by atoms with Gasteiger partial charge in [0.15, 0.2) is 0 Å². The molecule has 0 saturated carbocycles. The van der Waals surface area contributed by atoms with Gasteiger partial charge in [0.25, 0.3) is 0 Å². The Morgan fingerprint density at radius 3 is 3.06 bits per heavy atom. The highest BCUT2D eigenvalue weighted by Gasteiger charge is 2.13. The van der Waals surface area contributed by atoms with Gasteiger partial charge in [-0.3, -0.25) is 4.68 Å². The number of hydrogen-bond donors (Lipinski definition) is 1. The van der Waals surface area contributed by atoms with E-state index in [9.17, 15) is 0 Å². The van der Waals surface area contributed by atoms with Gasteiger partial charge in [-0.15, -0.1) is 0 Å². The van der Waals surface area contributed by atoms with Crippen LogP contribution in [0.4, 0.5) is 5.82 Å². The standard InChI is InChI=1S/C13H15N3O/c1-16-13(14)11(8-15-16)9-4-5-12-10(7-9)3-2-6-17-12/h4-5,7-8H,2-3,6,14H2,1H3. The van der Waals surface area contributed by atoms with Crippen LogP contribution >= 0.6 is 0 Å². The van der Waals surface area contributed by atoms with Gasteiger partial charge >= 0.3 is 0 Å². The maximum atomic E-state index is 5.98. The molecule has 0 saturated heterocycles. The predicted molar refractivity (Wildman–Crippen MR) is 66.9 cm³/mol. The van der Waals surface area contributed by atoms with Crippen molar-refractivity contribution in [3.05, 3.63) is 30.0 Å². The molecule has 3 rings (SSSR count). The van der Waals surface area contributed by atoms with Crippen molar-refractivity contribution in [3.8, 4) is 16.9 Å². The average molecular weight is 229 g/mol. The summed E-state index contributed by atoms with van der Waals surface area (Å²) in [5, 5.41) is 4.17. The van der Waals surface area contributed by atoms with Gasteiger partial charge < -0.3 is 10.5 Å². The van der Waals surface area contributed by atoms with E-state index in [-0.39, 0.29) is 0 Å². The van der Waals surface area contributed by atoms with Gasteiger partial charge in [-0.25, -0.2) is 0 Å². The second-order valence-electron chi connectivity index (χ2n) is 4.34. The van der Waals surface area contributed by atoms with Crippen LogP contribution in [0.5, 0.6) is 5.75 Å². The molecule has 0 fully saturated rings. The van der Waals surface area contributed by atoms with Gasteiger partial charge in [-0.05, 0) is 36.1 Å². The summed E-state index contributed by atoms with van der Waals surface area (Å²) < 4.78 is 7.28. The Morgan fingerprint density at radius 1 is 1.41 bits per heavy atom. The third-order valence-corrected chi connectivity index (χ3v) is 3.20. The van der Waals surface area contributed by atoms with Crippen LogP contribution in [0.1, 0.15) is 12.0 Å². The molecule has 0 unspecified atom stereocenters. The summed E-state index contributed by atoms with van der Waals surface area (Å²) in [6.45, 7) is 0.821. The fourth-order valence-electron chi connectivity index (χ4n) is 2.20. The Labute approximate surface area is 100 Å². The first kappa shape index (κ1) is 10.2. The van der Waals surface area contributed by atoms with E-state index in [0.29, 0.717) is 5.82 Å². The van der Waals surface area contributed by atoms with Crippen LogP contribution < -0.4 is 10.5 Å². The normalized spacial score (nSPS) is 14.2. The molecular weight excluding hydrogens is 214 g/mol. The van der Waals surface area contributed by atoms with Crippen LogP contribution in [0.3, 0.4) is 0 Å². The lowest BCUT2D eigenvalue weighted by Gasteiger charge is -2.17. The van der Waals surface area contributed by atoms with E-state index < -0.39 is 0 Å². The summed E-state index contributed by atoms with van der Waals surface area (Å²) in [5.74, 6) is 1.70. The monoisotopic (exact) mass is 229 g/mol. The highest BCUT2D eigenvalue weighted by molar-refractivity contribution is 5.74. The molecular formula is C13H15N3O. The van der Waals surface area contributed by atoms with Crippen LogP contribution in [0.25, 0.3) is 11.1 Å². The molecule has 1 aliphatic heterocycles. The zero-order valence-electron chi connectivity index (χ0n) is 9.81. The lowest BCUT2D eigenvalue weighted by molar-refractivity contribution is 0.288. The summed E-state index contributed by atoms with van der Waals surface area (Å²) in [7, 11) is 1.85. The minimum atomic E-state index is 0.696. The number of nitrogens with two attached hydrogens (primary N) is 1. The highest BCUT2D eigenvalue weighted by atomic mass is 16.5. The molecule has 88 valence electrons. The molecule has 0 spiro atoms. The maximum absolute atomic E-state index is 5.98. The Morgan fingerprint density at radius 2 is 2.29 bits per heavy atom. The topological polar surface area (TPSA) is 53.1 Å². The van der Waals surface area contributed by atoms with Crippen LogP contribution in [-0.2, 0) is 13.5 Å². The lowest BCUT2D eigenvalue weighted by Crippen LogP contribution is -2.08. The number of hydrogen-bond acceptors (Lipinski definition) is 3.